The molecule has 3 heterocycles. The van der Waals surface area contributed by atoms with Crippen molar-refractivity contribution in [3.05, 3.63) is 30.3 Å². The Morgan fingerprint density at radius 1 is 1.00 bits per heavy atom. The second-order valence-corrected chi connectivity index (χ2v) is 8.21. The van der Waals surface area contributed by atoms with E-state index in [0.717, 1.165) is 45.6 Å². The molecule has 29 heavy (non-hydrogen) atoms. The molecule has 160 valence electrons. The van der Waals surface area contributed by atoms with Gasteiger partial charge in [0.15, 0.2) is 6.10 Å². The molecule has 0 spiro atoms. The highest BCUT2D eigenvalue weighted by atomic mass is 16.5. The highest BCUT2D eigenvalue weighted by Gasteiger charge is 2.38. The highest BCUT2D eigenvalue weighted by molar-refractivity contribution is 5.81. The fourth-order valence-corrected chi connectivity index (χ4v) is 4.47. The van der Waals surface area contributed by atoms with E-state index in [1.807, 2.05) is 0 Å². The Hall–Kier alpha value is -1.67. The minimum Gasteiger partial charge on any atom is -0.390 e. The lowest BCUT2D eigenvalue weighted by molar-refractivity contribution is -0.171. The number of nitrogens with zero attached hydrogens (tertiary/aromatic N) is 3. The van der Waals surface area contributed by atoms with E-state index in [9.17, 15) is 9.90 Å². The molecule has 0 aromatic heterocycles. The number of piperazine rings is 1. The van der Waals surface area contributed by atoms with Crippen molar-refractivity contribution in [1.82, 2.24) is 9.80 Å². The van der Waals surface area contributed by atoms with Gasteiger partial charge < -0.3 is 24.4 Å². The van der Waals surface area contributed by atoms with Gasteiger partial charge in [-0.15, -0.1) is 0 Å². The lowest BCUT2D eigenvalue weighted by Crippen LogP contribution is -2.53. The first-order valence-corrected chi connectivity index (χ1v) is 10.9. The van der Waals surface area contributed by atoms with Crippen LogP contribution in [-0.4, -0.2) is 98.2 Å². The maximum atomic E-state index is 12.8. The fourth-order valence-electron chi connectivity index (χ4n) is 4.47. The van der Waals surface area contributed by atoms with Crippen LogP contribution in [0.25, 0.3) is 0 Å². The van der Waals surface area contributed by atoms with Crippen molar-refractivity contribution in [1.29, 1.82) is 0 Å². The molecule has 4 rings (SSSR count). The number of hydrogen-bond acceptors (Lipinski definition) is 6. The van der Waals surface area contributed by atoms with Gasteiger partial charge in [0.05, 0.1) is 25.4 Å². The molecule has 3 saturated heterocycles. The van der Waals surface area contributed by atoms with Crippen LogP contribution in [0.2, 0.25) is 0 Å². The Bertz CT molecular complexity index is 645. The molecule has 1 aromatic carbocycles. The van der Waals surface area contributed by atoms with Crippen molar-refractivity contribution in [3.63, 3.8) is 0 Å². The first kappa shape index (κ1) is 20.6. The summed E-state index contributed by atoms with van der Waals surface area (Å²) in [5.41, 5.74) is 1.29. The minimum absolute atomic E-state index is 0.0422. The highest BCUT2D eigenvalue weighted by Crippen LogP contribution is 2.24. The molecule has 0 aliphatic carbocycles. The van der Waals surface area contributed by atoms with Gasteiger partial charge in [0.2, 0.25) is 0 Å². The number of rotatable bonds is 5. The van der Waals surface area contributed by atoms with Crippen molar-refractivity contribution < 1.29 is 19.4 Å². The quantitative estimate of drug-likeness (QED) is 0.790. The van der Waals surface area contributed by atoms with E-state index in [1.165, 1.54) is 5.69 Å². The van der Waals surface area contributed by atoms with Crippen LogP contribution in [0.3, 0.4) is 0 Å². The van der Waals surface area contributed by atoms with Crippen LogP contribution in [0.15, 0.2) is 30.3 Å². The van der Waals surface area contributed by atoms with Gasteiger partial charge in [0, 0.05) is 51.5 Å². The van der Waals surface area contributed by atoms with Gasteiger partial charge in [0.25, 0.3) is 5.91 Å². The molecule has 1 amide bonds. The molecule has 3 unspecified atom stereocenters. The van der Waals surface area contributed by atoms with E-state index in [-0.39, 0.29) is 12.0 Å². The molecule has 7 heteroatoms. The van der Waals surface area contributed by atoms with E-state index >= 15 is 0 Å². The van der Waals surface area contributed by atoms with Gasteiger partial charge in [-0.3, -0.25) is 9.69 Å². The lowest BCUT2D eigenvalue weighted by Gasteiger charge is -2.39. The summed E-state index contributed by atoms with van der Waals surface area (Å²) in [5, 5.41) is 10.3. The summed E-state index contributed by atoms with van der Waals surface area (Å²) >= 11 is 0. The average Bonchev–Trinajstić information content (AvgIpc) is 2.79. The van der Waals surface area contributed by atoms with Gasteiger partial charge in [0.1, 0.15) is 0 Å². The maximum absolute atomic E-state index is 12.8. The van der Waals surface area contributed by atoms with Crippen molar-refractivity contribution in [2.24, 2.45) is 0 Å². The molecule has 3 aliphatic rings. The summed E-state index contributed by atoms with van der Waals surface area (Å²) in [5.74, 6) is -0.0815. The number of carbonyl (C=O) groups excluding carboxylic acids is 1. The zero-order chi connectivity index (χ0) is 20.1. The SMILES string of the molecule is O=C(C1OC(CCN2CCN(c3ccccc3)CC2)CCC1O)N1CCOCC1. The maximum Gasteiger partial charge on any atom is 0.254 e. The van der Waals surface area contributed by atoms with E-state index < -0.39 is 12.2 Å². The number of hydrogen-bond donors (Lipinski definition) is 1. The Morgan fingerprint density at radius 3 is 2.45 bits per heavy atom. The summed E-state index contributed by atoms with van der Waals surface area (Å²) in [6.45, 7) is 7.42. The number of carbonyl (C=O) groups is 1. The van der Waals surface area contributed by atoms with Gasteiger partial charge in [-0.2, -0.15) is 0 Å². The molecular weight excluding hydrogens is 370 g/mol. The number of ether oxygens (including phenoxy) is 2. The summed E-state index contributed by atoms with van der Waals surface area (Å²) < 4.78 is 11.4. The second kappa shape index (κ2) is 9.89. The monoisotopic (exact) mass is 403 g/mol. The predicted molar refractivity (Wildman–Crippen MR) is 111 cm³/mol. The third-order valence-corrected chi connectivity index (χ3v) is 6.30. The van der Waals surface area contributed by atoms with Crippen molar-refractivity contribution in [2.45, 2.75) is 37.6 Å². The summed E-state index contributed by atoms with van der Waals surface area (Å²) in [6.07, 6.45) is 0.981. The van der Waals surface area contributed by atoms with Crippen LogP contribution in [0.1, 0.15) is 19.3 Å². The largest absolute Gasteiger partial charge is 0.390 e. The first-order chi connectivity index (χ1) is 14.2. The Morgan fingerprint density at radius 2 is 1.72 bits per heavy atom. The summed E-state index contributed by atoms with van der Waals surface area (Å²) in [6, 6.07) is 10.6. The first-order valence-electron chi connectivity index (χ1n) is 10.9. The fraction of sp³-hybridized carbons (Fsp3) is 0.682. The third-order valence-electron chi connectivity index (χ3n) is 6.30. The number of aliphatic hydroxyl groups excluding tert-OH is 1. The van der Waals surface area contributed by atoms with E-state index in [0.29, 0.717) is 32.7 Å². The van der Waals surface area contributed by atoms with Crippen molar-refractivity contribution in [3.8, 4) is 0 Å². The number of benzene rings is 1. The number of anilines is 1. The standard InChI is InChI=1S/C22H33N3O4/c26-20-7-6-19(29-21(20)22(27)25-14-16-28-17-15-25)8-9-23-10-12-24(13-11-23)18-4-2-1-3-5-18/h1-5,19-21,26H,6-17H2. The van der Waals surface area contributed by atoms with Crippen LogP contribution in [0.4, 0.5) is 5.69 Å². The van der Waals surface area contributed by atoms with Gasteiger partial charge in [-0.1, -0.05) is 18.2 Å². The Balaban J connectivity index is 1.22. The second-order valence-electron chi connectivity index (χ2n) is 8.21. The lowest BCUT2D eigenvalue weighted by atomic mass is 9.98. The van der Waals surface area contributed by atoms with Crippen LogP contribution in [0, 0.1) is 0 Å². The normalized spacial score (nSPS) is 29.1. The van der Waals surface area contributed by atoms with Crippen LogP contribution >= 0.6 is 0 Å². The zero-order valence-corrected chi connectivity index (χ0v) is 17.1. The number of para-hydroxylation sites is 1. The Labute approximate surface area is 173 Å². The molecule has 0 bridgehead atoms. The molecular formula is C22H33N3O4. The molecule has 1 aromatic rings. The molecule has 0 radical (unpaired) electrons. The summed E-state index contributed by atoms with van der Waals surface area (Å²) in [7, 11) is 0. The van der Waals surface area contributed by atoms with Gasteiger partial charge in [-0.25, -0.2) is 0 Å². The van der Waals surface area contributed by atoms with Crippen molar-refractivity contribution in [2.75, 3.05) is 63.9 Å². The number of amides is 1. The summed E-state index contributed by atoms with van der Waals surface area (Å²) in [4.78, 5) is 19.4. The molecule has 3 atom stereocenters. The smallest absolute Gasteiger partial charge is 0.254 e. The molecule has 0 saturated carbocycles. The molecule has 1 N–H and O–H groups in total. The third kappa shape index (κ3) is 5.28. The molecule has 3 fully saturated rings. The number of morpholine rings is 1. The van der Waals surface area contributed by atoms with Crippen LogP contribution < -0.4 is 4.90 Å². The average molecular weight is 404 g/mol. The van der Waals surface area contributed by atoms with Gasteiger partial charge in [-0.05, 0) is 31.4 Å². The van der Waals surface area contributed by atoms with E-state index in [1.54, 1.807) is 4.90 Å². The Kier molecular flexibility index (Phi) is 7.02. The molecule has 3 aliphatic heterocycles. The van der Waals surface area contributed by atoms with Crippen molar-refractivity contribution >= 4 is 11.6 Å². The zero-order valence-electron chi connectivity index (χ0n) is 17.1. The molecule has 7 nitrogen and oxygen atoms in total. The van der Waals surface area contributed by atoms with E-state index in [4.69, 9.17) is 9.47 Å². The van der Waals surface area contributed by atoms with Crippen LogP contribution in [0.5, 0.6) is 0 Å². The predicted octanol–water partition coefficient (Wildman–Crippen LogP) is 0.966. The van der Waals surface area contributed by atoms with Crippen LogP contribution in [-0.2, 0) is 14.3 Å². The topological polar surface area (TPSA) is 65.5 Å². The van der Waals surface area contributed by atoms with Gasteiger partial charge >= 0.3 is 0 Å². The number of aliphatic hydroxyl groups is 1. The minimum atomic E-state index is -0.721. The van der Waals surface area contributed by atoms with E-state index in [2.05, 4.69) is 40.1 Å².